The number of hydrogen-bond donors (Lipinski definition) is 0. The number of esters is 1. The molecule has 4 heteroatoms. The standard InChI is InChI=1S/C16H16O4/c1-11(15(17)18-2)16-10-13(12-6-4-3-5-7-12)20-14(16)8-9-19-16/h3-8,13H,1,9-10H2,2H3. The van der Waals surface area contributed by atoms with E-state index < -0.39 is 11.6 Å². The Morgan fingerprint density at radius 2 is 2.15 bits per heavy atom. The molecule has 1 aromatic carbocycles. The van der Waals surface area contributed by atoms with E-state index in [0.29, 0.717) is 24.4 Å². The highest BCUT2D eigenvalue weighted by Gasteiger charge is 2.53. The first-order valence-electron chi connectivity index (χ1n) is 6.51. The van der Waals surface area contributed by atoms with E-state index in [1.807, 2.05) is 36.4 Å². The van der Waals surface area contributed by atoms with Gasteiger partial charge in [0.25, 0.3) is 0 Å². The summed E-state index contributed by atoms with van der Waals surface area (Å²) in [4.78, 5) is 11.8. The van der Waals surface area contributed by atoms with E-state index in [4.69, 9.17) is 14.2 Å². The average molecular weight is 272 g/mol. The topological polar surface area (TPSA) is 44.8 Å². The van der Waals surface area contributed by atoms with E-state index in [1.54, 1.807) is 0 Å². The molecule has 0 saturated carbocycles. The van der Waals surface area contributed by atoms with E-state index >= 15 is 0 Å². The molecular formula is C16H16O4. The van der Waals surface area contributed by atoms with Crippen molar-refractivity contribution in [2.45, 2.75) is 18.1 Å². The first-order valence-corrected chi connectivity index (χ1v) is 6.51. The normalized spacial score (nSPS) is 27.4. The van der Waals surface area contributed by atoms with Crippen LogP contribution >= 0.6 is 0 Å². The van der Waals surface area contributed by atoms with Crippen molar-refractivity contribution in [1.29, 1.82) is 0 Å². The van der Waals surface area contributed by atoms with Crippen LogP contribution in [0.3, 0.4) is 0 Å². The van der Waals surface area contributed by atoms with Gasteiger partial charge in [-0.25, -0.2) is 4.79 Å². The third-order valence-corrected chi connectivity index (χ3v) is 3.83. The Kier molecular flexibility index (Phi) is 3.10. The molecule has 1 saturated heterocycles. The van der Waals surface area contributed by atoms with Gasteiger partial charge < -0.3 is 14.2 Å². The van der Waals surface area contributed by atoms with Gasteiger partial charge in [-0.1, -0.05) is 36.9 Å². The molecule has 2 unspecified atom stereocenters. The molecule has 0 bridgehead atoms. The van der Waals surface area contributed by atoms with Crippen LogP contribution in [0.25, 0.3) is 0 Å². The highest BCUT2D eigenvalue weighted by molar-refractivity contribution is 5.91. The van der Waals surface area contributed by atoms with Crippen molar-refractivity contribution >= 4 is 5.97 Å². The van der Waals surface area contributed by atoms with Gasteiger partial charge in [0.2, 0.25) is 0 Å². The van der Waals surface area contributed by atoms with Crippen molar-refractivity contribution in [3.63, 3.8) is 0 Å². The molecule has 104 valence electrons. The lowest BCUT2D eigenvalue weighted by atomic mass is 9.88. The van der Waals surface area contributed by atoms with Crippen molar-refractivity contribution in [2.75, 3.05) is 13.7 Å². The van der Waals surface area contributed by atoms with Crippen LogP contribution in [-0.4, -0.2) is 25.3 Å². The van der Waals surface area contributed by atoms with Gasteiger partial charge in [-0.15, -0.1) is 0 Å². The van der Waals surface area contributed by atoms with Crippen LogP contribution in [0.1, 0.15) is 18.1 Å². The minimum absolute atomic E-state index is 0.135. The SMILES string of the molecule is C=C(C(=O)OC)C12CC(c3ccccc3)OC1=CCO2. The number of carbonyl (C=O) groups is 1. The van der Waals surface area contributed by atoms with Gasteiger partial charge in [0.15, 0.2) is 5.60 Å². The lowest BCUT2D eigenvalue weighted by Gasteiger charge is -2.24. The summed E-state index contributed by atoms with van der Waals surface area (Å²) in [7, 11) is 1.34. The van der Waals surface area contributed by atoms with Crippen LogP contribution in [0.2, 0.25) is 0 Å². The monoisotopic (exact) mass is 272 g/mol. The largest absolute Gasteiger partial charge is 0.487 e. The molecule has 1 fully saturated rings. The highest BCUT2D eigenvalue weighted by atomic mass is 16.6. The molecular weight excluding hydrogens is 256 g/mol. The summed E-state index contributed by atoms with van der Waals surface area (Å²) in [6.45, 7) is 4.27. The Hall–Kier alpha value is -2.07. The van der Waals surface area contributed by atoms with Gasteiger partial charge in [-0.2, -0.15) is 0 Å². The molecule has 0 aliphatic carbocycles. The Balaban J connectivity index is 1.91. The highest BCUT2D eigenvalue weighted by Crippen LogP contribution is 2.50. The number of ether oxygens (including phenoxy) is 3. The minimum Gasteiger partial charge on any atom is -0.487 e. The zero-order valence-electron chi connectivity index (χ0n) is 11.3. The molecule has 20 heavy (non-hydrogen) atoms. The molecule has 0 aromatic heterocycles. The second kappa shape index (κ2) is 4.80. The molecule has 3 rings (SSSR count). The summed E-state index contributed by atoms with van der Waals surface area (Å²) < 4.78 is 16.5. The first-order chi connectivity index (χ1) is 9.67. The molecule has 0 amide bonds. The quantitative estimate of drug-likeness (QED) is 0.626. The summed E-state index contributed by atoms with van der Waals surface area (Å²) in [5.74, 6) is 0.205. The van der Waals surface area contributed by atoms with Crippen LogP contribution in [0.5, 0.6) is 0 Å². The Morgan fingerprint density at radius 1 is 1.40 bits per heavy atom. The van der Waals surface area contributed by atoms with Crippen LogP contribution in [-0.2, 0) is 19.0 Å². The average Bonchev–Trinajstić information content (AvgIpc) is 3.04. The predicted octanol–water partition coefficient (Wildman–Crippen LogP) is 2.53. The minimum atomic E-state index is -0.867. The second-order valence-electron chi connectivity index (χ2n) is 4.90. The summed E-state index contributed by atoms with van der Waals surface area (Å²) >= 11 is 0. The fourth-order valence-corrected chi connectivity index (χ4v) is 2.76. The van der Waals surface area contributed by atoms with Gasteiger partial charge in [0.1, 0.15) is 11.9 Å². The molecule has 2 heterocycles. The van der Waals surface area contributed by atoms with Crippen molar-refractivity contribution in [2.24, 2.45) is 0 Å². The molecule has 0 radical (unpaired) electrons. The van der Waals surface area contributed by atoms with E-state index in [2.05, 4.69) is 6.58 Å². The van der Waals surface area contributed by atoms with Crippen LogP contribution in [0, 0.1) is 0 Å². The molecule has 0 spiro atoms. The number of rotatable bonds is 3. The molecule has 2 aliphatic rings. The number of hydrogen-bond acceptors (Lipinski definition) is 4. The number of fused-ring (bicyclic) bond motifs is 1. The summed E-state index contributed by atoms with van der Waals surface area (Å²) in [6, 6.07) is 9.88. The van der Waals surface area contributed by atoms with Crippen molar-refractivity contribution in [1.82, 2.24) is 0 Å². The summed E-state index contributed by atoms with van der Waals surface area (Å²) in [5, 5.41) is 0. The Morgan fingerprint density at radius 3 is 2.85 bits per heavy atom. The van der Waals surface area contributed by atoms with Gasteiger partial charge in [0, 0.05) is 6.42 Å². The lowest BCUT2D eigenvalue weighted by molar-refractivity contribution is -0.138. The maximum absolute atomic E-state index is 11.8. The Bertz CT molecular complexity index is 575. The lowest BCUT2D eigenvalue weighted by Crippen LogP contribution is -2.34. The van der Waals surface area contributed by atoms with Gasteiger partial charge in [0.05, 0.1) is 19.3 Å². The van der Waals surface area contributed by atoms with Gasteiger partial charge in [-0.05, 0) is 11.6 Å². The molecule has 0 N–H and O–H groups in total. The number of methoxy groups -OCH3 is 1. The summed E-state index contributed by atoms with van der Waals surface area (Å²) in [5.41, 5.74) is 0.485. The van der Waals surface area contributed by atoms with E-state index in [1.165, 1.54) is 7.11 Å². The first kappa shape index (κ1) is 12.9. The fourth-order valence-electron chi connectivity index (χ4n) is 2.76. The van der Waals surface area contributed by atoms with Crippen LogP contribution in [0.15, 0.2) is 54.3 Å². The third kappa shape index (κ3) is 1.84. The maximum atomic E-state index is 11.8. The second-order valence-corrected chi connectivity index (χ2v) is 4.90. The van der Waals surface area contributed by atoms with E-state index in [-0.39, 0.29) is 6.10 Å². The van der Waals surface area contributed by atoms with Crippen molar-refractivity contribution < 1.29 is 19.0 Å². The molecule has 1 aromatic rings. The third-order valence-electron chi connectivity index (χ3n) is 3.83. The van der Waals surface area contributed by atoms with E-state index in [9.17, 15) is 4.79 Å². The van der Waals surface area contributed by atoms with Gasteiger partial charge >= 0.3 is 5.97 Å². The summed E-state index contributed by atoms with van der Waals surface area (Å²) in [6.07, 6.45) is 2.26. The van der Waals surface area contributed by atoms with Gasteiger partial charge in [-0.3, -0.25) is 0 Å². The van der Waals surface area contributed by atoms with Crippen LogP contribution < -0.4 is 0 Å². The predicted molar refractivity (Wildman–Crippen MR) is 72.8 cm³/mol. The van der Waals surface area contributed by atoms with Crippen molar-refractivity contribution in [3.8, 4) is 0 Å². The van der Waals surface area contributed by atoms with E-state index in [0.717, 1.165) is 5.56 Å². The van der Waals surface area contributed by atoms with Crippen molar-refractivity contribution in [3.05, 3.63) is 59.9 Å². The van der Waals surface area contributed by atoms with Crippen LogP contribution in [0.4, 0.5) is 0 Å². The molecule has 4 nitrogen and oxygen atoms in total. The fraction of sp³-hybridized carbons (Fsp3) is 0.312. The smallest absolute Gasteiger partial charge is 0.336 e. The zero-order chi connectivity index (χ0) is 14.2. The molecule has 2 aliphatic heterocycles. The maximum Gasteiger partial charge on any atom is 0.336 e. The Labute approximate surface area is 117 Å². The molecule has 2 atom stereocenters. The number of carbonyl (C=O) groups excluding carboxylic acids is 1. The number of benzene rings is 1. The zero-order valence-corrected chi connectivity index (χ0v) is 11.3.